The van der Waals surface area contributed by atoms with E-state index in [1.54, 1.807) is 0 Å². The van der Waals surface area contributed by atoms with E-state index in [1.807, 2.05) is 83.9 Å². The fourth-order valence-corrected chi connectivity index (χ4v) is 3.70. The first-order valence-electron chi connectivity index (χ1n) is 9.90. The summed E-state index contributed by atoms with van der Waals surface area (Å²) in [5.74, 6) is 0.873. The van der Waals surface area contributed by atoms with Gasteiger partial charge in [0.05, 0.1) is 35.9 Å². The summed E-state index contributed by atoms with van der Waals surface area (Å²) >= 11 is 0. The monoisotopic (exact) mass is 400 g/mol. The van der Waals surface area contributed by atoms with E-state index in [0.29, 0.717) is 24.4 Å². The molecule has 4 rings (SSSR count). The van der Waals surface area contributed by atoms with Gasteiger partial charge in [-0.05, 0) is 36.2 Å². The Morgan fingerprint density at radius 1 is 1.17 bits per heavy atom. The van der Waals surface area contributed by atoms with Crippen LogP contribution in [0.4, 0.5) is 5.82 Å². The zero-order chi connectivity index (χ0) is 21.1. The first kappa shape index (κ1) is 19.9. The normalized spacial score (nSPS) is 12.2. The Kier molecular flexibility index (Phi) is 5.66. The van der Waals surface area contributed by atoms with Crippen molar-refractivity contribution in [3.63, 3.8) is 0 Å². The van der Waals surface area contributed by atoms with Crippen molar-refractivity contribution in [3.8, 4) is 6.07 Å². The highest BCUT2D eigenvalue weighted by molar-refractivity contribution is 5.85. The molecule has 1 N–H and O–H groups in total. The zero-order valence-electron chi connectivity index (χ0n) is 17.1. The molecule has 2 aromatic heterocycles. The molecule has 152 valence electrons. The third-order valence-electron chi connectivity index (χ3n) is 5.16. The maximum Gasteiger partial charge on any atom is 0.157 e. The van der Waals surface area contributed by atoms with Crippen molar-refractivity contribution in [2.24, 2.45) is 0 Å². The van der Waals surface area contributed by atoms with Crippen molar-refractivity contribution in [3.05, 3.63) is 77.4 Å². The summed E-state index contributed by atoms with van der Waals surface area (Å²) in [6.07, 6.45) is -0.653. The highest BCUT2D eigenvalue weighted by Crippen LogP contribution is 2.28. The Morgan fingerprint density at radius 2 is 1.90 bits per heavy atom. The van der Waals surface area contributed by atoms with E-state index in [2.05, 4.69) is 11.1 Å². The van der Waals surface area contributed by atoms with Gasteiger partial charge in [0.25, 0.3) is 0 Å². The fraction of sp³-hybridized carbons (Fsp3) is 0.250. The number of hydrogen-bond donors (Lipinski definition) is 1. The van der Waals surface area contributed by atoms with Gasteiger partial charge in [0, 0.05) is 13.6 Å². The van der Waals surface area contributed by atoms with Crippen LogP contribution in [0.25, 0.3) is 16.7 Å². The van der Waals surface area contributed by atoms with Crippen molar-refractivity contribution < 1.29 is 9.84 Å². The summed E-state index contributed by atoms with van der Waals surface area (Å²) in [5, 5.41) is 20.2. The highest BCUT2D eigenvalue weighted by atomic mass is 16.5. The van der Waals surface area contributed by atoms with Crippen LogP contribution in [0.5, 0.6) is 0 Å². The van der Waals surface area contributed by atoms with Gasteiger partial charge in [-0.25, -0.2) is 4.98 Å². The number of aromatic nitrogens is 2. The standard InChI is InChI=1S/C24H24N4O2/c1-17-12-23(27(2)14-19(29)16-30-15-18-8-4-3-5-9-18)28-22-11-7-6-10-21(22)26-24(28)20(17)13-25/h3-12,19,29H,14-16H2,1-2H3. The van der Waals surface area contributed by atoms with Gasteiger partial charge in [0.2, 0.25) is 0 Å². The van der Waals surface area contributed by atoms with E-state index < -0.39 is 6.10 Å². The third kappa shape index (κ3) is 3.86. The molecule has 0 saturated heterocycles. The highest BCUT2D eigenvalue weighted by Gasteiger charge is 2.18. The van der Waals surface area contributed by atoms with Crippen LogP contribution >= 0.6 is 0 Å². The molecule has 0 fully saturated rings. The lowest BCUT2D eigenvalue weighted by Crippen LogP contribution is -2.33. The predicted molar refractivity (Wildman–Crippen MR) is 118 cm³/mol. The van der Waals surface area contributed by atoms with E-state index in [9.17, 15) is 10.4 Å². The van der Waals surface area contributed by atoms with Crippen molar-refractivity contribution in [1.82, 2.24) is 9.38 Å². The number of nitrogens with zero attached hydrogens (tertiary/aromatic N) is 4. The van der Waals surface area contributed by atoms with Gasteiger partial charge in [-0.1, -0.05) is 42.5 Å². The number of hydrogen-bond acceptors (Lipinski definition) is 5. The van der Waals surface area contributed by atoms with Crippen LogP contribution in [-0.4, -0.2) is 40.8 Å². The van der Waals surface area contributed by atoms with Crippen molar-refractivity contribution in [2.75, 3.05) is 25.1 Å². The molecule has 4 aromatic rings. The number of fused-ring (bicyclic) bond motifs is 3. The summed E-state index contributed by atoms with van der Waals surface area (Å²) in [5.41, 5.74) is 4.90. The Bertz CT molecular complexity index is 1210. The molecule has 0 aliphatic carbocycles. The summed E-state index contributed by atoms with van der Waals surface area (Å²) in [6, 6.07) is 22.0. The zero-order valence-corrected chi connectivity index (χ0v) is 17.1. The van der Waals surface area contributed by atoms with Crippen LogP contribution in [-0.2, 0) is 11.3 Å². The maximum atomic E-state index is 10.5. The number of para-hydroxylation sites is 2. The number of rotatable bonds is 7. The molecule has 6 heteroatoms. The van der Waals surface area contributed by atoms with E-state index >= 15 is 0 Å². The van der Waals surface area contributed by atoms with Crippen LogP contribution in [0, 0.1) is 18.3 Å². The third-order valence-corrected chi connectivity index (χ3v) is 5.16. The SMILES string of the molecule is Cc1cc(N(C)CC(O)COCc2ccccc2)n2c(nc3ccccc32)c1C#N. The van der Waals surface area contributed by atoms with E-state index in [4.69, 9.17) is 4.74 Å². The molecule has 1 unspecified atom stereocenters. The molecular formula is C24H24N4O2. The Hall–Kier alpha value is -3.40. The van der Waals surface area contributed by atoms with E-state index in [-0.39, 0.29) is 6.61 Å². The number of pyridine rings is 1. The molecular weight excluding hydrogens is 376 g/mol. The summed E-state index contributed by atoms with van der Waals surface area (Å²) < 4.78 is 7.67. The summed E-state index contributed by atoms with van der Waals surface area (Å²) in [4.78, 5) is 6.66. The number of benzene rings is 2. The minimum Gasteiger partial charge on any atom is -0.389 e. The molecule has 1 atom stereocenters. The van der Waals surface area contributed by atoms with Gasteiger partial charge in [0.1, 0.15) is 11.9 Å². The molecule has 2 heterocycles. The van der Waals surface area contributed by atoms with E-state index in [1.165, 1.54) is 0 Å². The van der Waals surface area contributed by atoms with Gasteiger partial charge in [-0.3, -0.25) is 4.40 Å². The first-order chi connectivity index (χ1) is 14.6. The summed E-state index contributed by atoms with van der Waals surface area (Å²) in [7, 11) is 1.93. The number of ether oxygens (including phenoxy) is 1. The van der Waals surface area contributed by atoms with Gasteiger partial charge in [0.15, 0.2) is 5.65 Å². The van der Waals surface area contributed by atoms with E-state index in [0.717, 1.165) is 28.0 Å². The number of anilines is 1. The minimum absolute atomic E-state index is 0.238. The van der Waals surface area contributed by atoms with Crippen LogP contribution in [0.3, 0.4) is 0 Å². The van der Waals surface area contributed by atoms with Crippen LogP contribution in [0.15, 0.2) is 60.7 Å². The Labute approximate surface area is 175 Å². The molecule has 30 heavy (non-hydrogen) atoms. The molecule has 0 aliphatic heterocycles. The van der Waals surface area contributed by atoms with Crippen molar-refractivity contribution >= 4 is 22.5 Å². The van der Waals surface area contributed by atoms with Crippen molar-refractivity contribution in [1.29, 1.82) is 5.26 Å². The molecule has 0 spiro atoms. The van der Waals surface area contributed by atoms with Crippen LogP contribution in [0.2, 0.25) is 0 Å². The van der Waals surface area contributed by atoms with Crippen molar-refractivity contribution in [2.45, 2.75) is 19.6 Å². The second-order valence-corrected chi connectivity index (χ2v) is 7.47. The summed E-state index contributed by atoms with van der Waals surface area (Å²) in [6.45, 7) is 3.01. The lowest BCUT2D eigenvalue weighted by Gasteiger charge is -2.24. The molecule has 6 nitrogen and oxygen atoms in total. The van der Waals surface area contributed by atoms with Crippen LogP contribution < -0.4 is 4.90 Å². The topological polar surface area (TPSA) is 73.8 Å². The molecule has 2 aromatic carbocycles. The van der Waals surface area contributed by atoms with Gasteiger partial charge in [-0.15, -0.1) is 0 Å². The number of nitriles is 1. The average Bonchev–Trinajstić information content (AvgIpc) is 3.13. The number of aliphatic hydroxyl groups is 1. The molecule has 0 saturated carbocycles. The van der Waals surface area contributed by atoms with Crippen LogP contribution in [0.1, 0.15) is 16.7 Å². The fourth-order valence-electron chi connectivity index (χ4n) is 3.70. The maximum absolute atomic E-state index is 10.5. The quantitative estimate of drug-likeness (QED) is 0.512. The average molecular weight is 400 g/mol. The first-order valence-corrected chi connectivity index (χ1v) is 9.90. The lowest BCUT2D eigenvalue weighted by atomic mass is 10.1. The Balaban J connectivity index is 1.57. The smallest absolute Gasteiger partial charge is 0.157 e. The Morgan fingerprint density at radius 3 is 2.67 bits per heavy atom. The predicted octanol–water partition coefficient (Wildman–Crippen LogP) is 3.68. The molecule has 0 aliphatic rings. The number of imidazole rings is 1. The second kappa shape index (κ2) is 8.54. The number of likely N-dealkylation sites (N-methyl/N-ethyl adjacent to an activating group) is 1. The lowest BCUT2D eigenvalue weighted by molar-refractivity contribution is 0.0324. The molecule has 0 radical (unpaired) electrons. The largest absolute Gasteiger partial charge is 0.389 e. The second-order valence-electron chi connectivity index (χ2n) is 7.47. The number of aliphatic hydroxyl groups excluding tert-OH is 1. The molecule has 0 bridgehead atoms. The minimum atomic E-state index is -0.653. The van der Waals surface area contributed by atoms with Gasteiger partial charge in [-0.2, -0.15) is 5.26 Å². The van der Waals surface area contributed by atoms with Gasteiger partial charge < -0.3 is 14.7 Å². The van der Waals surface area contributed by atoms with Gasteiger partial charge >= 0.3 is 0 Å². The molecule has 0 amide bonds. The number of aryl methyl sites for hydroxylation is 1.